The van der Waals surface area contributed by atoms with Crippen LogP contribution in [-0.4, -0.2) is 47.6 Å². The average Bonchev–Trinajstić information content (AvgIpc) is 3.31. The SMILES string of the molecule is C[C@H]1C2CC[C@H]3[C@@H]4CC=C5C[C@@H](N(C)C(O)c6cccc(Cl)c6)CC[C@]5(C)C4CCC23CN1C. The number of likely N-dealkylation sites (tertiary alicyclic amines) is 1. The lowest BCUT2D eigenvalue weighted by molar-refractivity contribution is -0.0577. The molecule has 0 radical (unpaired) electrons. The lowest BCUT2D eigenvalue weighted by Gasteiger charge is -2.58. The van der Waals surface area contributed by atoms with Crippen molar-refractivity contribution in [1.29, 1.82) is 0 Å². The highest BCUT2D eigenvalue weighted by Crippen LogP contribution is 2.68. The van der Waals surface area contributed by atoms with Crippen LogP contribution in [0.25, 0.3) is 0 Å². The van der Waals surface area contributed by atoms with Crippen LogP contribution in [0, 0.1) is 34.5 Å². The molecule has 9 atom stereocenters. The number of fused-ring (bicyclic) bond motifs is 4. The largest absolute Gasteiger partial charge is 0.374 e. The topological polar surface area (TPSA) is 26.7 Å². The van der Waals surface area contributed by atoms with E-state index in [9.17, 15) is 5.11 Å². The van der Waals surface area contributed by atoms with Gasteiger partial charge < -0.3 is 10.0 Å². The third kappa shape index (κ3) is 3.33. The van der Waals surface area contributed by atoms with Gasteiger partial charge in [-0.3, -0.25) is 4.90 Å². The Labute approximate surface area is 211 Å². The molecular formula is C30H43ClN2O. The fraction of sp³-hybridized carbons (Fsp3) is 0.733. The summed E-state index contributed by atoms with van der Waals surface area (Å²) in [6.45, 7) is 6.44. The molecule has 6 rings (SSSR count). The lowest BCUT2D eigenvalue weighted by atomic mass is 9.47. The fourth-order valence-electron chi connectivity index (χ4n) is 9.89. The van der Waals surface area contributed by atoms with Gasteiger partial charge >= 0.3 is 0 Å². The van der Waals surface area contributed by atoms with Crippen molar-refractivity contribution in [2.45, 2.75) is 83.5 Å². The van der Waals surface area contributed by atoms with E-state index in [1.165, 1.54) is 51.5 Å². The van der Waals surface area contributed by atoms with E-state index in [-0.39, 0.29) is 0 Å². The molecule has 0 aromatic heterocycles. The molecular weight excluding hydrogens is 440 g/mol. The minimum Gasteiger partial charge on any atom is -0.374 e. The number of aliphatic hydroxyl groups excluding tert-OH is 1. The zero-order chi connectivity index (χ0) is 23.8. The first-order valence-electron chi connectivity index (χ1n) is 13.8. The van der Waals surface area contributed by atoms with Crippen LogP contribution in [0.1, 0.15) is 77.0 Å². The maximum atomic E-state index is 11.1. The number of halogens is 1. The number of aliphatic hydroxyl groups is 1. The Kier molecular flexibility index (Phi) is 5.76. The van der Waals surface area contributed by atoms with E-state index < -0.39 is 6.23 Å². The summed E-state index contributed by atoms with van der Waals surface area (Å²) < 4.78 is 0. The van der Waals surface area contributed by atoms with Crippen LogP contribution < -0.4 is 0 Å². The van der Waals surface area contributed by atoms with Gasteiger partial charge in [0, 0.05) is 23.7 Å². The van der Waals surface area contributed by atoms with E-state index in [1.54, 1.807) is 5.57 Å². The first kappa shape index (κ1) is 23.5. The average molecular weight is 483 g/mol. The highest BCUT2D eigenvalue weighted by molar-refractivity contribution is 6.30. The molecule has 34 heavy (non-hydrogen) atoms. The molecule has 1 spiro atoms. The third-order valence-corrected chi connectivity index (χ3v) is 12.0. The molecule has 1 aromatic rings. The second-order valence-corrected chi connectivity index (χ2v) is 13.3. The maximum absolute atomic E-state index is 11.1. The Balaban J connectivity index is 1.21. The monoisotopic (exact) mass is 482 g/mol. The predicted molar refractivity (Wildman–Crippen MR) is 140 cm³/mol. The second-order valence-electron chi connectivity index (χ2n) is 12.9. The summed E-state index contributed by atoms with van der Waals surface area (Å²) in [6.07, 6.45) is 12.7. The van der Waals surface area contributed by atoms with Crippen molar-refractivity contribution >= 4 is 11.6 Å². The summed E-state index contributed by atoms with van der Waals surface area (Å²) >= 11 is 6.20. The van der Waals surface area contributed by atoms with Gasteiger partial charge in [-0.25, -0.2) is 0 Å². The van der Waals surface area contributed by atoms with E-state index >= 15 is 0 Å². The normalized spacial score (nSPS) is 44.7. The van der Waals surface area contributed by atoms with Gasteiger partial charge in [0.05, 0.1) is 0 Å². The number of hydrogen-bond acceptors (Lipinski definition) is 3. The van der Waals surface area contributed by atoms with E-state index in [0.29, 0.717) is 21.9 Å². The van der Waals surface area contributed by atoms with Crippen LogP contribution in [0.15, 0.2) is 35.9 Å². The Hall–Kier alpha value is -0.870. The van der Waals surface area contributed by atoms with Crippen LogP contribution in [0.3, 0.4) is 0 Å². The number of rotatable bonds is 3. The molecule has 1 saturated heterocycles. The molecule has 186 valence electrons. The van der Waals surface area contributed by atoms with Crippen LogP contribution in [-0.2, 0) is 0 Å². The highest BCUT2D eigenvalue weighted by Gasteiger charge is 2.64. The minimum absolute atomic E-state index is 0.358. The quantitative estimate of drug-likeness (QED) is 0.392. The van der Waals surface area contributed by atoms with Crippen LogP contribution in [0.2, 0.25) is 5.02 Å². The van der Waals surface area contributed by atoms with Crippen molar-refractivity contribution in [1.82, 2.24) is 9.80 Å². The molecule has 5 aliphatic rings. The van der Waals surface area contributed by atoms with Gasteiger partial charge in [0.25, 0.3) is 0 Å². The second kappa shape index (κ2) is 8.33. The van der Waals surface area contributed by atoms with Crippen LogP contribution in [0.5, 0.6) is 0 Å². The van der Waals surface area contributed by atoms with Gasteiger partial charge in [0.15, 0.2) is 0 Å². The van der Waals surface area contributed by atoms with Crippen molar-refractivity contribution in [2.24, 2.45) is 34.5 Å². The van der Waals surface area contributed by atoms with E-state index in [2.05, 4.69) is 43.8 Å². The van der Waals surface area contributed by atoms with Crippen molar-refractivity contribution in [2.75, 3.05) is 20.6 Å². The zero-order valence-corrected chi connectivity index (χ0v) is 22.3. The Morgan fingerprint density at radius 3 is 2.71 bits per heavy atom. The van der Waals surface area contributed by atoms with Crippen LogP contribution in [0.4, 0.5) is 0 Å². The summed E-state index contributed by atoms with van der Waals surface area (Å²) in [5.41, 5.74) is 3.55. The Morgan fingerprint density at radius 2 is 1.91 bits per heavy atom. The summed E-state index contributed by atoms with van der Waals surface area (Å²) in [4.78, 5) is 4.86. The first-order valence-corrected chi connectivity index (χ1v) is 14.2. The Morgan fingerprint density at radius 1 is 1.12 bits per heavy atom. The molecule has 4 heteroatoms. The van der Waals surface area contributed by atoms with Crippen molar-refractivity contribution < 1.29 is 5.11 Å². The molecule has 1 heterocycles. The van der Waals surface area contributed by atoms with Gasteiger partial charge in [-0.05, 0) is 125 Å². The molecule has 0 bridgehead atoms. The molecule has 3 saturated carbocycles. The van der Waals surface area contributed by atoms with E-state index in [4.69, 9.17) is 11.6 Å². The molecule has 4 fully saturated rings. The highest BCUT2D eigenvalue weighted by atomic mass is 35.5. The number of hydrogen-bond donors (Lipinski definition) is 1. The predicted octanol–water partition coefficient (Wildman–Crippen LogP) is 6.52. The molecule has 4 unspecified atom stereocenters. The lowest BCUT2D eigenvalue weighted by Crippen LogP contribution is -2.52. The summed E-state index contributed by atoms with van der Waals surface area (Å²) in [5.74, 6) is 3.60. The van der Waals surface area contributed by atoms with E-state index in [1.807, 2.05) is 24.3 Å². The summed E-state index contributed by atoms with van der Waals surface area (Å²) in [6, 6.07) is 8.84. The molecule has 4 aliphatic carbocycles. The molecule has 3 nitrogen and oxygen atoms in total. The molecule has 1 aliphatic heterocycles. The van der Waals surface area contributed by atoms with Gasteiger partial charge in [0.1, 0.15) is 6.23 Å². The summed E-state index contributed by atoms with van der Waals surface area (Å²) in [5, 5.41) is 11.8. The number of allylic oxidation sites excluding steroid dienone is 1. The third-order valence-electron chi connectivity index (χ3n) is 11.8. The molecule has 1 N–H and O–H groups in total. The number of nitrogens with zero attached hydrogens (tertiary/aromatic N) is 2. The Bertz CT molecular complexity index is 978. The summed E-state index contributed by atoms with van der Waals surface area (Å²) in [7, 11) is 4.46. The van der Waals surface area contributed by atoms with Crippen molar-refractivity contribution in [3.8, 4) is 0 Å². The standard InChI is InChI=1S/C30H43ClN2O/c1-19-25-10-11-27-24-9-8-21-17-23(33(4)28(34)20-6-5-7-22(31)16-20)12-14-29(21,2)26(24)13-15-30(25,27)18-32(19)3/h5-8,16,19,23-28,34H,9-15,17-18H2,1-4H3/t19-,23-,24+,25?,26?,27-,28?,29-,30?/m0/s1. The van der Waals surface area contributed by atoms with Crippen molar-refractivity contribution in [3.05, 3.63) is 46.5 Å². The molecule has 1 aromatic carbocycles. The van der Waals surface area contributed by atoms with Crippen molar-refractivity contribution in [3.63, 3.8) is 0 Å². The number of benzene rings is 1. The first-order chi connectivity index (χ1) is 16.2. The van der Waals surface area contributed by atoms with Gasteiger partial charge in [-0.2, -0.15) is 0 Å². The van der Waals surface area contributed by atoms with Gasteiger partial charge in [-0.15, -0.1) is 0 Å². The maximum Gasteiger partial charge on any atom is 0.133 e. The van der Waals surface area contributed by atoms with Gasteiger partial charge in [-0.1, -0.05) is 42.3 Å². The van der Waals surface area contributed by atoms with Crippen LogP contribution >= 0.6 is 11.6 Å². The van der Waals surface area contributed by atoms with E-state index in [0.717, 1.165) is 41.7 Å². The minimum atomic E-state index is -0.601. The fourth-order valence-corrected chi connectivity index (χ4v) is 10.1. The molecule has 0 amide bonds. The zero-order valence-electron chi connectivity index (χ0n) is 21.5. The smallest absolute Gasteiger partial charge is 0.133 e. The van der Waals surface area contributed by atoms with Gasteiger partial charge in [0.2, 0.25) is 0 Å².